The number of aromatic nitrogens is 2. The van der Waals surface area contributed by atoms with Crippen molar-refractivity contribution in [3.63, 3.8) is 0 Å². The third-order valence-electron chi connectivity index (χ3n) is 4.96. The fraction of sp³-hybridized carbons (Fsp3) is 0.280. The summed E-state index contributed by atoms with van der Waals surface area (Å²) < 4.78 is 128. The minimum atomic E-state index is -3.34. The Morgan fingerprint density at radius 2 is 1.74 bits per heavy atom. The summed E-state index contributed by atoms with van der Waals surface area (Å²) in [5, 5.41) is 3.83. The summed E-state index contributed by atoms with van der Waals surface area (Å²) in [4.78, 5) is 40.5. The normalized spacial score (nSPS) is 28.6. The van der Waals surface area contributed by atoms with Crippen LogP contribution in [0.2, 0.25) is 0 Å². The highest BCUT2D eigenvalue weighted by molar-refractivity contribution is 6.09. The van der Waals surface area contributed by atoms with E-state index in [1.165, 1.54) is 0 Å². The number of nitrogens with two attached hydrogens (primary N) is 1. The van der Waals surface area contributed by atoms with Crippen LogP contribution < -0.4 is 20.3 Å². The molecule has 174 valence electrons. The zero-order valence-electron chi connectivity index (χ0n) is 32.2. The van der Waals surface area contributed by atoms with Crippen molar-refractivity contribution in [3.05, 3.63) is 65.4 Å². The molecule has 0 unspecified atom stereocenters. The molecule has 9 nitrogen and oxygen atoms in total. The number of rotatable bonds is 5. The highest BCUT2D eigenvalue weighted by Crippen LogP contribution is 2.31. The van der Waals surface area contributed by atoms with E-state index in [0.29, 0.717) is 14.5 Å². The minimum absolute atomic E-state index is 0.167. The molecule has 0 spiro atoms. The van der Waals surface area contributed by atoms with Crippen molar-refractivity contribution in [1.82, 2.24) is 9.78 Å². The van der Waals surface area contributed by atoms with Crippen LogP contribution in [0.1, 0.15) is 66.3 Å². The fourth-order valence-corrected chi connectivity index (χ4v) is 3.42. The maximum absolute atomic E-state index is 14.2. The summed E-state index contributed by atoms with van der Waals surface area (Å²) >= 11 is 0. The molecule has 0 saturated carbocycles. The van der Waals surface area contributed by atoms with Gasteiger partial charge in [-0.15, -0.1) is 0 Å². The predicted octanol–water partition coefficient (Wildman–Crippen LogP) is 2.70. The Morgan fingerprint density at radius 3 is 2.41 bits per heavy atom. The van der Waals surface area contributed by atoms with Crippen LogP contribution in [0, 0.1) is 0 Å². The van der Waals surface area contributed by atoms with Gasteiger partial charge in [0.2, 0.25) is 5.91 Å². The van der Waals surface area contributed by atoms with Crippen molar-refractivity contribution in [2.24, 2.45) is 5.73 Å². The number of methoxy groups -OCH3 is 1. The zero-order chi connectivity index (χ0) is 37.0. The van der Waals surface area contributed by atoms with Gasteiger partial charge in [-0.05, 0) is 67.6 Å². The van der Waals surface area contributed by atoms with Crippen LogP contribution in [0.25, 0.3) is 5.69 Å². The Bertz CT molecular complexity index is 1900. The average molecular weight is 475 g/mol. The fourth-order valence-electron chi connectivity index (χ4n) is 3.42. The lowest BCUT2D eigenvalue weighted by Gasteiger charge is -2.29. The van der Waals surface area contributed by atoms with Crippen LogP contribution in [0.3, 0.4) is 0 Å². The number of ether oxygens (including phenoxy) is 1. The van der Waals surface area contributed by atoms with E-state index < -0.39 is 103 Å². The van der Waals surface area contributed by atoms with Gasteiger partial charge >= 0.3 is 0 Å². The number of amides is 3. The number of hydrogen-bond donors (Lipinski definition) is 1. The smallest absolute Gasteiger partial charge is 0.277 e. The number of carbonyl (C=O) groups is 3. The maximum Gasteiger partial charge on any atom is 0.277 e. The summed E-state index contributed by atoms with van der Waals surface area (Å²) in [5.74, 6) is -5.03. The Morgan fingerprint density at radius 1 is 1.03 bits per heavy atom. The van der Waals surface area contributed by atoms with Crippen LogP contribution in [0.15, 0.2) is 48.4 Å². The maximum atomic E-state index is 14.2. The second-order valence-electron chi connectivity index (χ2n) is 7.00. The van der Waals surface area contributed by atoms with Crippen molar-refractivity contribution in [2.75, 3.05) is 29.8 Å². The molecular weight excluding hydrogens is 434 g/mol. The van der Waals surface area contributed by atoms with Crippen molar-refractivity contribution < 1.29 is 39.7 Å². The number of fused-ring (bicyclic) bond motifs is 1. The van der Waals surface area contributed by atoms with Gasteiger partial charge in [-0.3, -0.25) is 14.4 Å². The van der Waals surface area contributed by atoms with E-state index in [0.717, 1.165) is 24.3 Å². The first-order chi connectivity index (χ1) is 22.3. The Balaban J connectivity index is 1.72. The number of piperidine rings is 1. The first-order valence-corrected chi connectivity index (χ1v) is 9.80. The van der Waals surface area contributed by atoms with Gasteiger partial charge in [0, 0.05) is 44.5 Å². The molecule has 1 aromatic heterocycles. The summed E-state index contributed by atoms with van der Waals surface area (Å²) in [5.41, 5.74) is 1.14. The van der Waals surface area contributed by atoms with E-state index in [9.17, 15) is 14.4 Å². The monoisotopic (exact) mass is 474 g/mol. The van der Waals surface area contributed by atoms with E-state index in [4.69, 9.17) is 26.3 Å². The average Bonchev–Trinajstić information content (AvgIpc) is 3.38. The quantitative estimate of drug-likeness (QED) is 0.611. The molecule has 3 heterocycles. The Labute approximate surface area is 217 Å². The van der Waals surface area contributed by atoms with E-state index in [2.05, 4.69) is 9.84 Å². The second-order valence-corrected chi connectivity index (χ2v) is 7.00. The molecule has 2 N–H and O–H groups in total. The molecule has 5 rings (SSSR count). The second kappa shape index (κ2) is 8.66. The van der Waals surface area contributed by atoms with Crippen molar-refractivity contribution in [1.29, 1.82) is 0 Å². The van der Waals surface area contributed by atoms with Gasteiger partial charge in [0.15, 0.2) is 5.69 Å². The standard InChI is InChI=1S/C25H25N5O4/c1-34-19-11-9-18(10-12-19)30-23-20(22(27-30)24(26)32)13-15-29(25(23)33)17-7-5-16(6-8-17)28-14-3-2-4-21(28)31/h5-12H,2-4,13-15H2,1H3,(H2,26,32)/i1D3,4D2,9D,10D,11D,12D,13D2,14D2,15D2. The van der Waals surface area contributed by atoms with Gasteiger partial charge in [0.1, 0.15) is 11.4 Å². The highest BCUT2D eigenvalue weighted by atomic mass is 16.5. The predicted molar refractivity (Wildman–Crippen MR) is 127 cm³/mol. The molecule has 0 aliphatic carbocycles. The molecule has 34 heavy (non-hydrogen) atoms. The van der Waals surface area contributed by atoms with Gasteiger partial charge in [0.25, 0.3) is 11.8 Å². The molecule has 2 aliphatic rings. The van der Waals surface area contributed by atoms with Gasteiger partial charge in [-0.25, -0.2) is 4.68 Å². The summed E-state index contributed by atoms with van der Waals surface area (Å²) in [6.07, 6.45) is -6.45. The van der Waals surface area contributed by atoms with Crippen LogP contribution >= 0.6 is 0 Å². The summed E-state index contributed by atoms with van der Waals surface area (Å²) in [6.45, 7) is -5.65. The SMILES string of the molecule is [2H]c1c([2H])c(-n2nc(C(N)=O)c3c2C(=O)N(c2ccc(N4C(=O)C([2H])([2H])CCC4([2H])[2H])cc2)C([2H])([2H])C3([2H])[2H])c([2H])c([2H])c1OC([2H])([2H])[2H]. The van der Waals surface area contributed by atoms with Crippen molar-refractivity contribution in [3.8, 4) is 11.4 Å². The number of anilines is 2. The van der Waals surface area contributed by atoms with Crippen LogP contribution in [0.5, 0.6) is 5.75 Å². The molecule has 9 heteroatoms. The van der Waals surface area contributed by atoms with Crippen LogP contribution in [-0.4, -0.2) is 47.5 Å². The van der Waals surface area contributed by atoms with Crippen LogP contribution in [-0.2, 0) is 11.2 Å². The number of hydrogen-bond acceptors (Lipinski definition) is 5. The third kappa shape index (κ3) is 3.68. The molecule has 0 atom stereocenters. The lowest BCUT2D eigenvalue weighted by atomic mass is 10.0. The first kappa shape index (κ1) is 10.4. The topological polar surface area (TPSA) is 111 Å². The van der Waals surface area contributed by atoms with Crippen molar-refractivity contribution >= 4 is 29.1 Å². The van der Waals surface area contributed by atoms with Gasteiger partial charge in [-0.1, -0.05) is 0 Å². The number of nitrogens with zero attached hydrogens (tertiary/aromatic N) is 4. The highest BCUT2D eigenvalue weighted by Gasteiger charge is 2.34. The van der Waals surface area contributed by atoms with E-state index in [1.54, 1.807) is 0 Å². The van der Waals surface area contributed by atoms with Crippen LogP contribution in [0.4, 0.5) is 11.4 Å². The Hall–Kier alpha value is -4.14. The third-order valence-corrected chi connectivity index (χ3v) is 4.96. The minimum Gasteiger partial charge on any atom is -0.497 e. The van der Waals surface area contributed by atoms with Gasteiger partial charge < -0.3 is 20.3 Å². The summed E-state index contributed by atoms with van der Waals surface area (Å²) in [6, 6.07) is 0.0980. The van der Waals surface area contributed by atoms with E-state index in [-0.39, 0.29) is 24.2 Å². The zero-order valence-corrected chi connectivity index (χ0v) is 17.2. The van der Waals surface area contributed by atoms with Gasteiger partial charge in [-0.2, -0.15) is 5.10 Å². The largest absolute Gasteiger partial charge is 0.497 e. The first-order valence-electron chi connectivity index (χ1n) is 17.3. The number of carbonyl (C=O) groups excluding carboxylic acids is 3. The van der Waals surface area contributed by atoms with Gasteiger partial charge in [0.05, 0.1) is 25.1 Å². The molecule has 0 radical (unpaired) electrons. The van der Waals surface area contributed by atoms with E-state index >= 15 is 0 Å². The molecule has 1 saturated heterocycles. The Kier molecular flexibility index (Phi) is 2.65. The number of primary amides is 1. The molecular formula is C25H25N5O4. The molecule has 2 aliphatic heterocycles. The summed E-state index contributed by atoms with van der Waals surface area (Å²) in [7, 11) is -3.20. The molecule has 3 aromatic rings. The van der Waals surface area contributed by atoms with E-state index in [1.807, 2.05) is 0 Å². The number of benzene rings is 2. The molecule has 2 aromatic carbocycles. The molecule has 1 fully saturated rings. The molecule has 3 amide bonds. The molecule has 0 bridgehead atoms. The lowest BCUT2D eigenvalue weighted by Crippen LogP contribution is -2.39. The van der Waals surface area contributed by atoms with Crippen molar-refractivity contribution in [2.45, 2.75) is 25.6 Å². The lowest BCUT2D eigenvalue weighted by molar-refractivity contribution is -0.119.